The minimum absolute atomic E-state index is 0.367. The molecule has 0 aliphatic heterocycles. The Bertz CT molecular complexity index is 332. The molecular weight excluding hydrogens is 296 g/mol. The van der Waals surface area contributed by atoms with Crippen molar-refractivity contribution in [1.29, 1.82) is 0 Å². The first kappa shape index (κ1) is 15.0. The monoisotopic (exact) mass is 316 g/mol. The van der Waals surface area contributed by atoms with E-state index in [0.717, 1.165) is 23.4 Å². The van der Waals surface area contributed by atoms with Gasteiger partial charge in [0.2, 0.25) is 0 Å². The highest BCUT2D eigenvalue weighted by Gasteiger charge is 2.23. The maximum Gasteiger partial charge on any atom is 0.106 e. The van der Waals surface area contributed by atoms with Gasteiger partial charge in [-0.15, -0.1) is 0 Å². The van der Waals surface area contributed by atoms with E-state index in [9.17, 15) is 0 Å². The summed E-state index contributed by atoms with van der Waals surface area (Å²) >= 11 is 5.36. The Kier molecular flexibility index (Phi) is 6.52. The van der Waals surface area contributed by atoms with Gasteiger partial charge in [0.15, 0.2) is 0 Å². The standard InChI is InChI=1S/C13H21BrN2S/c1-4-13(5-2,17-3)10-15-9-11-7-6-8-12(14)16-11/h6-8,15H,4-5,9-10H2,1-3H3. The van der Waals surface area contributed by atoms with Gasteiger partial charge in [0, 0.05) is 17.8 Å². The van der Waals surface area contributed by atoms with Crippen molar-refractivity contribution in [1.82, 2.24) is 10.3 Å². The van der Waals surface area contributed by atoms with Crippen LogP contribution in [0.1, 0.15) is 32.4 Å². The molecule has 0 aliphatic rings. The topological polar surface area (TPSA) is 24.9 Å². The first-order valence-electron chi connectivity index (χ1n) is 6.03. The largest absolute Gasteiger partial charge is 0.310 e. The summed E-state index contributed by atoms with van der Waals surface area (Å²) in [7, 11) is 0. The van der Waals surface area contributed by atoms with Crippen LogP contribution in [-0.4, -0.2) is 22.5 Å². The second kappa shape index (κ2) is 7.39. The molecule has 0 radical (unpaired) electrons. The Morgan fingerprint density at radius 2 is 2.06 bits per heavy atom. The van der Waals surface area contributed by atoms with Gasteiger partial charge in [-0.1, -0.05) is 19.9 Å². The van der Waals surface area contributed by atoms with Crippen molar-refractivity contribution in [3.05, 3.63) is 28.5 Å². The lowest BCUT2D eigenvalue weighted by atomic mass is 10.0. The van der Waals surface area contributed by atoms with Crippen molar-refractivity contribution in [2.75, 3.05) is 12.8 Å². The van der Waals surface area contributed by atoms with Crippen molar-refractivity contribution >= 4 is 27.7 Å². The summed E-state index contributed by atoms with van der Waals surface area (Å²) in [6, 6.07) is 6.03. The molecule has 0 atom stereocenters. The molecule has 4 heteroatoms. The fraction of sp³-hybridized carbons (Fsp3) is 0.615. The summed E-state index contributed by atoms with van der Waals surface area (Å²) < 4.78 is 1.27. The van der Waals surface area contributed by atoms with Crippen LogP contribution in [0.15, 0.2) is 22.8 Å². The highest BCUT2D eigenvalue weighted by Crippen LogP contribution is 2.29. The molecule has 1 aromatic heterocycles. The van der Waals surface area contributed by atoms with Gasteiger partial charge >= 0.3 is 0 Å². The Hall–Kier alpha value is -0.0600. The predicted octanol–water partition coefficient (Wildman–Crippen LogP) is 3.86. The van der Waals surface area contributed by atoms with Gasteiger partial charge in [-0.05, 0) is 47.2 Å². The summed E-state index contributed by atoms with van der Waals surface area (Å²) in [6.07, 6.45) is 4.60. The molecule has 0 spiro atoms. The molecular formula is C13H21BrN2S. The van der Waals surface area contributed by atoms with Gasteiger partial charge in [0.1, 0.15) is 4.60 Å². The molecule has 0 aliphatic carbocycles. The lowest BCUT2D eigenvalue weighted by Crippen LogP contribution is -2.36. The SMILES string of the molecule is CCC(CC)(CNCc1cccc(Br)n1)SC. The van der Waals surface area contributed by atoms with Gasteiger partial charge in [-0.3, -0.25) is 0 Å². The number of thioether (sulfide) groups is 1. The molecule has 0 saturated heterocycles. The first-order valence-corrected chi connectivity index (χ1v) is 8.05. The number of nitrogens with zero attached hydrogens (tertiary/aromatic N) is 1. The van der Waals surface area contributed by atoms with Crippen LogP contribution < -0.4 is 5.32 Å². The molecule has 2 nitrogen and oxygen atoms in total. The quantitative estimate of drug-likeness (QED) is 0.773. The van der Waals surface area contributed by atoms with E-state index in [-0.39, 0.29) is 0 Å². The zero-order valence-corrected chi connectivity index (χ0v) is 13.2. The molecule has 1 rings (SSSR count). The molecule has 0 saturated carbocycles. The van der Waals surface area contributed by atoms with E-state index >= 15 is 0 Å². The van der Waals surface area contributed by atoms with Gasteiger partial charge in [0.25, 0.3) is 0 Å². The van der Waals surface area contributed by atoms with Crippen molar-refractivity contribution in [2.45, 2.75) is 38.0 Å². The van der Waals surface area contributed by atoms with E-state index in [4.69, 9.17) is 0 Å². The Morgan fingerprint density at radius 3 is 2.59 bits per heavy atom. The van der Waals surface area contributed by atoms with E-state index in [1.54, 1.807) is 0 Å². The summed E-state index contributed by atoms with van der Waals surface area (Å²) in [4.78, 5) is 4.42. The van der Waals surface area contributed by atoms with Crippen LogP contribution in [0.5, 0.6) is 0 Å². The first-order chi connectivity index (χ1) is 8.15. The van der Waals surface area contributed by atoms with Gasteiger partial charge in [-0.2, -0.15) is 11.8 Å². The number of rotatable bonds is 7. The van der Waals surface area contributed by atoms with Crippen LogP contribution >= 0.6 is 27.7 Å². The average molecular weight is 317 g/mol. The number of aromatic nitrogens is 1. The summed E-state index contributed by atoms with van der Waals surface area (Å²) in [6.45, 7) is 6.40. The minimum Gasteiger partial charge on any atom is -0.310 e. The van der Waals surface area contributed by atoms with Crippen LogP contribution in [-0.2, 0) is 6.54 Å². The number of hydrogen-bond acceptors (Lipinski definition) is 3. The Morgan fingerprint density at radius 1 is 1.35 bits per heavy atom. The fourth-order valence-electron chi connectivity index (χ4n) is 1.83. The number of nitrogens with one attached hydrogen (secondary N) is 1. The van der Waals surface area contributed by atoms with E-state index < -0.39 is 0 Å². The van der Waals surface area contributed by atoms with E-state index in [1.807, 2.05) is 23.9 Å². The van der Waals surface area contributed by atoms with Crippen LogP contribution in [0, 0.1) is 0 Å². The zero-order chi connectivity index (χ0) is 12.7. The maximum atomic E-state index is 4.42. The molecule has 1 N–H and O–H groups in total. The Balaban J connectivity index is 2.46. The number of pyridine rings is 1. The second-order valence-corrected chi connectivity index (χ2v) is 6.24. The third kappa shape index (κ3) is 4.60. The smallest absolute Gasteiger partial charge is 0.106 e. The predicted molar refractivity (Wildman–Crippen MR) is 80.5 cm³/mol. The maximum absolute atomic E-state index is 4.42. The average Bonchev–Trinajstić information content (AvgIpc) is 2.35. The molecule has 96 valence electrons. The molecule has 0 aromatic carbocycles. The minimum atomic E-state index is 0.367. The summed E-state index contributed by atoms with van der Waals surface area (Å²) in [5.74, 6) is 0. The lowest BCUT2D eigenvalue weighted by Gasteiger charge is -2.29. The number of hydrogen-bond donors (Lipinski definition) is 1. The molecule has 0 fully saturated rings. The van der Waals surface area contributed by atoms with Crippen LogP contribution in [0.4, 0.5) is 0 Å². The van der Waals surface area contributed by atoms with Crippen molar-refractivity contribution in [2.24, 2.45) is 0 Å². The molecule has 0 amide bonds. The van der Waals surface area contributed by atoms with Crippen molar-refractivity contribution < 1.29 is 0 Å². The normalized spacial score (nSPS) is 11.8. The van der Waals surface area contributed by atoms with Crippen molar-refractivity contribution in [3.63, 3.8) is 0 Å². The third-order valence-corrected chi connectivity index (χ3v) is 5.28. The summed E-state index contributed by atoms with van der Waals surface area (Å²) in [5, 5.41) is 3.52. The van der Waals surface area contributed by atoms with Crippen LogP contribution in [0.3, 0.4) is 0 Å². The highest BCUT2D eigenvalue weighted by molar-refractivity contribution is 9.10. The number of halogens is 1. The molecule has 0 unspecified atom stereocenters. The summed E-state index contributed by atoms with van der Waals surface area (Å²) in [5.41, 5.74) is 1.08. The van der Waals surface area contributed by atoms with Gasteiger partial charge < -0.3 is 5.32 Å². The second-order valence-electron chi connectivity index (χ2n) is 4.15. The fourth-order valence-corrected chi connectivity index (χ4v) is 3.03. The van der Waals surface area contributed by atoms with Gasteiger partial charge in [0.05, 0.1) is 5.69 Å². The van der Waals surface area contributed by atoms with Crippen LogP contribution in [0.2, 0.25) is 0 Å². The van der Waals surface area contributed by atoms with Crippen LogP contribution in [0.25, 0.3) is 0 Å². The molecule has 17 heavy (non-hydrogen) atoms. The van der Waals surface area contributed by atoms with E-state index in [1.165, 1.54) is 12.8 Å². The molecule has 0 bridgehead atoms. The molecule has 1 heterocycles. The zero-order valence-electron chi connectivity index (χ0n) is 10.8. The van der Waals surface area contributed by atoms with Crippen molar-refractivity contribution in [3.8, 4) is 0 Å². The van der Waals surface area contributed by atoms with Gasteiger partial charge in [-0.25, -0.2) is 4.98 Å². The lowest BCUT2D eigenvalue weighted by molar-refractivity contribution is 0.492. The van der Waals surface area contributed by atoms with E-state index in [2.05, 4.69) is 52.4 Å². The third-order valence-electron chi connectivity index (χ3n) is 3.25. The Labute approximate surface area is 117 Å². The molecule has 1 aromatic rings. The highest BCUT2D eigenvalue weighted by atomic mass is 79.9. The van der Waals surface area contributed by atoms with E-state index in [0.29, 0.717) is 4.75 Å².